The molecule has 86 valence electrons. The fraction of sp³-hybridized carbons (Fsp3) is 0.538. The number of hydrogen-bond acceptors (Lipinski definition) is 3. The molecule has 0 saturated heterocycles. The Morgan fingerprint density at radius 3 is 2.69 bits per heavy atom. The van der Waals surface area contributed by atoms with Gasteiger partial charge in [-0.2, -0.15) is 0 Å². The van der Waals surface area contributed by atoms with Crippen molar-refractivity contribution >= 4 is 5.69 Å². The first kappa shape index (κ1) is 9.82. The van der Waals surface area contributed by atoms with Crippen molar-refractivity contribution in [1.82, 2.24) is 0 Å². The van der Waals surface area contributed by atoms with Crippen molar-refractivity contribution in [2.45, 2.75) is 19.3 Å². The van der Waals surface area contributed by atoms with Crippen LogP contribution in [0.1, 0.15) is 19.3 Å². The van der Waals surface area contributed by atoms with E-state index in [2.05, 4.69) is 11.4 Å². The first-order chi connectivity index (χ1) is 7.92. The summed E-state index contributed by atoms with van der Waals surface area (Å²) in [6.07, 6.45) is 4.14. The first-order valence-corrected chi connectivity index (χ1v) is 6.05. The Balaban J connectivity index is 1.65. The third kappa shape index (κ3) is 1.94. The Kier molecular flexibility index (Phi) is 2.60. The largest absolute Gasteiger partial charge is 0.486 e. The molecule has 1 aromatic carbocycles. The molecule has 0 atom stereocenters. The maximum absolute atomic E-state index is 5.55. The van der Waals surface area contributed by atoms with Crippen LogP contribution in [0.15, 0.2) is 18.2 Å². The van der Waals surface area contributed by atoms with Crippen LogP contribution >= 0.6 is 0 Å². The number of anilines is 1. The smallest absolute Gasteiger partial charge is 0.163 e. The highest BCUT2D eigenvalue weighted by molar-refractivity contribution is 5.55. The second-order valence-corrected chi connectivity index (χ2v) is 4.54. The van der Waals surface area contributed by atoms with Gasteiger partial charge in [-0.3, -0.25) is 0 Å². The minimum Gasteiger partial charge on any atom is -0.486 e. The van der Waals surface area contributed by atoms with Crippen LogP contribution in [0.2, 0.25) is 0 Å². The molecule has 2 aliphatic rings. The van der Waals surface area contributed by atoms with E-state index in [0.29, 0.717) is 13.2 Å². The zero-order valence-corrected chi connectivity index (χ0v) is 9.37. The molecule has 1 aliphatic heterocycles. The number of rotatable bonds is 3. The lowest BCUT2D eigenvalue weighted by Gasteiger charge is -2.26. The molecule has 0 amide bonds. The van der Waals surface area contributed by atoms with E-state index in [-0.39, 0.29) is 0 Å². The van der Waals surface area contributed by atoms with Crippen molar-refractivity contribution in [2.75, 3.05) is 25.1 Å². The molecule has 0 unspecified atom stereocenters. The lowest BCUT2D eigenvalue weighted by Crippen LogP contribution is -2.21. The summed E-state index contributed by atoms with van der Waals surface area (Å²) in [7, 11) is 0. The molecule has 1 N–H and O–H groups in total. The van der Waals surface area contributed by atoms with Gasteiger partial charge < -0.3 is 14.8 Å². The zero-order valence-electron chi connectivity index (χ0n) is 9.37. The average molecular weight is 219 g/mol. The average Bonchev–Trinajstić information content (AvgIpc) is 2.27. The summed E-state index contributed by atoms with van der Waals surface area (Å²) >= 11 is 0. The molecule has 0 spiro atoms. The molecule has 1 aliphatic carbocycles. The minimum absolute atomic E-state index is 0.652. The summed E-state index contributed by atoms with van der Waals surface area (Å²) in [6.45, 7) is 2.39. The van der Waals surface area contributed by atoms with Crippen molar-refractivity contribution in [3.8, 4) is 11.5 Å². The van der Waals surface area contributed by atoms with Crippen LogP contribution in [0, 0.1) is 5.92 Å². The van der Waals surface area contributed by atoms with Gasteiger partial charge in [-0.15, -0.1) is 0 Å². The van der Waals surface area contributed by atoms with Crippen LogP contribution in [0.4, 0.5) is 5.69 Å². The summed E-state index contributed by atoms with van der Waals surface area (Å²) in [5, 5.41) is 3.46. The number of fused-ring (bicyclic) bond motifs is 1. The van der Waals surface area contributed by atoms with Crippen LogP contribution < -0.4 is 14.8 Å². The van der Waals surface area contributed by atoms with Gasteiger partial charge in [-0.1, -0.05) is 6.42 Å². The molecular formula is C13H17NO2. The Bertz CT molecular complexity index is 374. The van der Waals surface area contributed by atoms with Gasteiger partial charge in [0.1, 0.15) is 13.2 Å². The Labute approximate surface area is 95.8 Å². The number of hydrogen-bond donors (Lipinski definition) is 1. The summed E-state index contributed by atoms with van der Waals surface area (Å²) < 4.78 is 11.0. The fourth-order valence-corrected chi connectivity index (χ4v) is 2.11. The van der Waals surface area contributed by atoms with Gasteiger partial charge in [-0.25, -0.2) is 0 Å². The van der Waals surface area contributed by atoms with Crippen molar-refractivity contribution in [3.63, 3.8) is 0 Å². The van der Waals surface area contributed by atoms with Crippen molar-refractivity contribution in [2.24, 2.45) is 5.92 Å². The van der Waals surface area contributed by atoms with E-state index in [4.69, 9.17) is 9.47 Å². The van der Waals surface area contributed by atoms with Gasteiger partial charge in [0.15, 0.2) is 11.5 Å². The quantitative estimate of drug-likeness (QED) is 0.847. The van der Waals surface area contributed by atoms with Gasteiger partial charge in [0.25, 0.3) is 0 Å². The normalized spacial score (nSPS) is 19.0. The van der Waals surface area contributed by atoms with Crippen molar-refractivity contribution in [3.05, 3.63) is 18.2 Å². The third-order valence-corrected chi connectivity index (χ3v) is 3.36. The summed E-state index contributed by atoms with van der Waals surface area (Å²) in [5.41, 5.74) is 1.14. The van der Waals surface area contributed by atoms with Crippen molar-refractivity contribution in [1.29, 1.82) is 0 Å². The monoisotopic (exact) mass is 219 g/mol. The Hall–Kier alpha value is -1.38. The van der Waals surface area contributed by atoms with Crippen molar-refractivity contribution < 1.29 is 9.47 Å². The van der Waals surface area contributed by atoms with E-state index in [0.717, 1.165) is 29.6 Å². The second-order valence-electron chi connectivity index (χ2n) is 4.54. The highest BCUT2D eigenvalue weighted by Crippen LogP contribution is 2.33. The third-order valence-electron chi connectivity index (χ3n) is 3.36. The zero-order chi connectivity index (χ0) is 10.8. The topological polar surface area (TPSA) is 30.5 Å². The van der Waals surface area contributed by atoms with E-state index >= 15 is 0 Å². The standard InChI is InChI=1S/C13H17NO2/c1-2-10(3-1)9-14-11-4-5-12-13(8-11)16-7-6-15-12/h4-5,8,10,14H,1-3,6-7,9H2. The molecule has 1 heterocycles. The van der Waals surface area contributed by atoms with Crippen LogP contribution in [-0.4, -0.2) is 19.8 Å². The van der Waals surface area contributed by atoms with Gasteiger partial charge in [-0.05, 0) is 30.9 Å². The van der Waals surface area contributed by atoms with Crippen LogP contribution in [0.25, 0.3) is 0 Å². The molecule has 0 bridgehead atoms. The molecule has 1 fully saturated rings. The van der Waals surface area contributed by atoms with E-state index < -0.39 is 0 Å². The summed E-state index contributed by atoms with van der Waals surface area (Å²) in [4.78, 5) is 0. The van der Waals surface area contributed by atoms with Crippen LogP contribution in [-0.2, 0) is 0 Å². The van der Waals surface area contributed by atoms with E-state index in [1.807, 2.05) is 12.1 Å². The number of nitrogens with one attached hydrogen (secondary N) is 1. The maximum Gasteiger partial charge on any atom is 0.163 e. The lowest BCUT2D eigenvalue weighted by atomic mass is 9.85. The molecule has 1 saturated carbocycles. The van der Waals surface area contributed by atoms with Gasteiger partial charge in [0, 0.05) is 18.3 Å². The summed E-state index contributed by atoms with van der Waals surface area (Å²) in [6, 6.07) is 6.08. The Morgan fingerprint density at radius 1 is 1.12 bits per heavy atom. The van der Waals surface area contributed by atoms with Gasteiger partial charge >= 0.3 is 0 Å². The molecular weight excluding hydrogens is 202 g/mol. The highest BCUT2D eigenvalue weighted by Gasteiger charge is 2.17. The fourth-order valence-electron chi connectivity index (χ4n) is 2.11. The van der Waals surface area contributed by atoms with Crippen LogP contribution in [0.5, 0.6) is 11.5 Å². The highest BCUT2D eigenvalue weighted by atomic mass is 16.6. The minimum atomic E-state index is 0.652. The predicted octanol–water partition coefficient (Wildman–Crippen LogP) is 2.67. The van der Waals surface area contributed by atoms with E-state index in [9.17, 15) is 0 Å². The Morgan fingerprint density at radius 2 is 1.94 bits per heavy atom. The number of benzene rings is 1. The van der Waals surface area contributed by atoms with Crippen LogP contribution in [0.3, 0.4) is 0 Å². The van der Waals surface area contributed by atoms with E-state index in [1.54, 1.807) is 0 Å². The molecule has 3 nitrogen and oxygen atoms in total. The first-order valence-electron chi connectivity index (χ1n) is 6.05. The molecule has 0 radical (unpaired) electrons. The molecule has 0 aromatic heterocycles. The van der Waals surface area contributed by atoms with Gasteiger partial charge in [0.2, 0.25) is 0 Å². The number of ether oxygens (including phenoxy) is 2. The van der Waals surface area contributed by atoms with E-state index in [1.165, 1.54) is 19.3 Å². The lowest BCUT2D eigenvalue weighted by molar-refractivity contribution is 0.171. The maximum atomic E-state index is 5.55. The van der Waals surface area contributed by atoms with Gasteiger partial charge in [0.05, 0.1) is 0 Å². The second kappa shape index (κ2) is 4.24. The molecule has 1 aromatic rings. The SMILES string of the molecule is c1cc2c(cc1NCC1CCC1)OCCO2. The molecule has 16 heavy (non-hydrogen) atoms. The summed E-state index contributed by atoms with van der Waals surface area (Å²) in [5.74, 6) is 2.60. The molecule has 3 rings (SSSR count). The predicted molar refractivity (Wildman–Crippen MR) is 63.3 cm³/mol. The molecule has 3 heteroatoms.